The van der Waals surface area contributed by atoms with Crippen molar-refractivity contribution in [1.29, 1.82) is 0 Å². The molecule has 0 bridgehead atoms. The van der Waals surface area contributed by atoms with Crippen LogP contribution in [0.2, 0.25) is 0 Å². The first kappa shape index (κ1) is 13.3. The van der Waals surface area contributed by atoms with Gasteiger partial charge in [0.05, 0.1) is 0 Å². The van der Waals surface area contributed by atoms with Gasteiger partial charge >= 0.3 is 0 Å². The summed E-state index contributed by atoms with van der Waals surface area (Å²) in [7, 11) is 0. The SMILES string of the molecule is CCC.Cc1cccc(Oc2ccccc2)c1. The number of hydrogen-bond acceptors (Lipinski definition) is 1. The molecule has 0 saturated heterocycles. The van der Waals surface area contributed by atoms with Crippen LogP contribution in [0.4, 0.5) is 0 Å². The predicted molar refractivity (Wildman–Crippen MR) is 73.7 cm³/mol. The molecule has 2 aromatic rings. The van der Waals surface area contributed by atoms with Crippen LogP contribution in [0.15, 0.2) is 54.6 Å². The molecule has 90 valence electrons. The fourth-order valence-corrected chi connectivity index (χ4v) is 1.30. The van der Waals surface area contributed by atoms with Gasteiger partial charge in [0.25, 0.3) is 0 Å². The third kappa shape index (κ3) is 5.21. The molecule has 2 aromatic carbocycles. The molecule has 17 heavy (non-hydrogen) atoms. The summed E-state index contributed by atoms with van der Waals surface area (Å²) in [6, 6.07) is 17.8. The number of para-hydroxylation sites is 1. The Morgan fingerprint density at radius 3 is 2.00 bits per heavy atom. The Balaban J connectivity index is 0.000000437. The standard InChI is InChI=1S/C13H12O.C3H8/c1-11-6-5-9-13(10-11)14-12-7-3-2-4-8-12;1-3-2/h2-10H,1H3;3H2,1-2H3. The maximum Gasteiger partial charge on any atom is 0.127 e. The van der Waals surface area contributed by atoms with E-state index in [-0.39, 0.29) is 0 Å². The topological polar surface area (TPSA) is 9.23 Å². The van der Waals surface area contributed by atoms with E-state index in [0.717, 1.165) is 11.5 Å². The summed E-state index contributed by atoms with van der Waals surface area (Å²) in [6.45, 7) is 6.30. The van der Waals surface area contributed by atoms with Crippen molar-refractivity contribution in [3.8, 4) is 11.5 Å². The fourth-order valence-electron chi connectivity index (χ4n) is 1.30. The van der Waals surface area contributed by atoms with Gasteiger partial charge in [-0.05, 0) is 36.8 Å². The zero-order chi connectivity index (χ0) is 12.5. The minimum atomic E-state index is 0.873. The van der Waals surface area contributed by atoms with Crippen molar-refractivity contribution in [2.24, 2.45) is 0 Å². The first-order chi connectivity index (χ1) is 8.26. The molecule has 0 aliphatic carbocycles. The first-order valence-corrected chi connectivity index (χ1v) is 6.05. The van der Waals surface area contributed by atoms with Gasteiger partial charge in [0.2, 0.25) is 0 Å². The second-order valence-electron chi connectivity index (χ2n) is 3.94. The summed E-state index contributed by atoms with van der Waals surface area (Å²) >= 11 is 0. The second kappa shape index (κ2) is 7.50. The average Bonchev–Trinajstić information content (AvgIpc) is 2.31. The van der Waals surface area contributed by atoms with Crippen LogP contribution >= 0.6 is 0 Å². The van der Waals surface area contributed by atoms with E-state index in [4.69, 9.17) is 4.74 Å². The normalized spacial score (nSPS) is 9.12. The zero-order valence-electron chi connectivity index (χ0n) is 10.8. The number of aryl methyl sites for hydroxylation is 1. The molecule has 0 spiro atoms. The maximum absolute atomic E-state index is 5.66. The van der Waals surface area contributed by atoms with Crippen LogP contribution in [-0.2, 0) is 0 Å². The molecule has 0 aromatic heterocycles. The van der Waals surface area contributed by atoms with E-state index in [0.29, 0.717) is 0 Å². The Morgan fingerprint density at radius 1 is 0.824 bits per heavy atom. The molecular weight excluding hydrogens is 208 g/mol. The molecule has 1 nitrogen and oxygen atoms in total. The average molecular weight is 228 g/mol. The number of benzene rings is 2. The monoisotopic (exact) mass is 228 g/mol. The number of hydrogen-bond donors (Lipinski definition) is 0. The molecule has 0 fully saturated rings. The van der Waals surface area contributed by atoms with Crippen molar-refractivity contribution in [3.63, 3.8) is 0 Å². The Bertz CT molecular complexity index is 421. The fraction of sp³-hybridized carbons (Fsp3) is 0.250. The van der Waals surface area contributed by atoms with Crippen LogP contribution in [0.3, 0.4) is 0 Å². The van der Waals surface area contributed by atoms with Crippen molar-refractivity contribution in [2.75, 3.05) is 0 Å². The van der Waals surface area contributed by atoms with Gasteiger partial charge in [-0.2, -0.15) is 0 Å². The van der Waals surface area contributed by atoms with Gasteiger partial charge in [-0.25, -0.2) is 0 Å². The van der Waals surface area contributed by atoms with E-state index >= 15 is 0 Å². The third-order valence-corrected chi connectivity index (χ3v) is 1.97. The molecule has 1 heteroatoms. The van der Waals surface area contributed by atoms with Gasteiger partial charge in [-0.15, -0.1) is 0 Å². The highest BCUT2D eigenvalue weighted by Gasteiger charge is 1.95. The maximum atomic E-state index is 5.66. The number of ether oxygens (including phenoxy) is 1. The molecule has 0 atom stereocenters. The van der Waals surface area contributed by atoms with E-state index < -0.39 is 0 Å². The van der Waals surface area contributed by atoms with E-state index in [9.17, 15) is 0 Å². The lowest BCUT2D eigenvalue weighted by Crippen LogP contribution is -1.83. The molecule has 0 heterocycles. The lowest BCUT2D eigenvalue weighted by atomic mass is 10.2. The Labute approximate surface area is 104 Å². The highest BCUT2D eigenvalue weighted by Crippen LogP contribution is 2.21. The molecule has 0 aliphatic heterocycles. The summed E-state index contributed by atoms with van der Waals surface area (Å²) in [5, 5.41) is 0. The molecular formula is C16H20O. The lowest BCUT2D eigenvalue weighted by Gasteiger charge is -2.05. The summed E-state index contributed by atoms with van der Waals surface area (Å²) in [6.07, 6.45) is 1.25. The minimum Gasteiger partial charge on any atom is -0.457 e. The zero-order valence-corrected chi connectivity index (χ0v) is 10.8. The van der Waals surface area contributed by atoms with Crippen LogP contribution in [0, 0.1) is 6.92 Å². The van der Waals surface area contributed by atoms with Crippen LogP contribution < -0.4 is 4.74 Å². The largest absolute Gasteiger partial charge is 0.457 e. The van der Waals surface area contributed by atoms with Crippen LogP contribution in [-0.4, -0.2) is 0 Å². The Hall–Kier alpha value is -1.76. The highest BCUT2D eigenvalue weighted by molar-refractivity contribution is 5.33. The van der Waals surface area contributed by atoms with Crippen LogP contribution in [0.25, 0.3) is 0 Å². The number of rotatable bonds is 2. The Morgan fingerprint density at radius 2 is 1.41 bits per heavy atom. The highest BCUT2D eigenvalue weighted by atomic mass is 16.5. The van der Waals surface area contributed by atoms with Crippen molar-refractivity contribution in [1.82, 2.24) is 0 Å². The quantitative estimate of drug-likeness (QED) is 0.686. The first-order valence-electron chi connectivity index (χ1n) is 6.05. The molecule has 0 amide bonds. The molecule has 2 rings (SSSR count). The van der Waals surface area contributed by atoms with Gasteiger partial charge < -0.3 is 4.74 Å². The predicted octanol–water partition coefficient (Wildman–Crippen LogP) is 5.20. The molecule has 0 saturated carbocycles. The summed E-state index contributed by atoms with van der Waals surface area (Å²) in [4.78, 5) is 0. The summed E-state index contributed by atoms with van der Waals surface area (Å²) in [5.41, 5.74) is 1.21. The summed E-state index contributed by atoms with van der Waals surface area (Å²) < 4.78 is 5.66. The minimum absolute atomic E-state index is 0.873. The summed E-state index contributed by atoms with van der Waals surface area (Å²) in [5.74, 6) is 1.76. The van der Waals surface area contributed by atoms with Crippen molar-refractivity contribution in [3.05, 3.63) is 60.2 Å². The van der Waals surface area contributed by atoms with Crippen LogP contribution in [0.1, 0.15) is 25.8 Å². The van der Waals surface area contributed by atoms with Crippen molar-refractivity contribution < 1.29 is 4.74 Å². The Kier molecular flexibility index (Phi) is 5.87. The van der Waals surface area contributed by atoms with Gasteiger partial charge in [0.15, 0.2) is 0 Å². The lowest BCUT2D eigenvalue weighted by molar-refractivity contribution is 0.482. The van der Waals surface area contributed by atoms with E-state index in [2.05, 4.69) is 26.8 Å². The van der Waals surface area contributed by atoms with E-state index in [1.165, 1.54) is 12.0 Å². The van der Waals surface area contributed by atoms with Crippen LogP contribution in [0.5, 0.6) is 11.5 Å². The van der Waals surface area contributed by atoms with Crippen molar-refractivity contribution in [2.45, 2.75) is 27.2 Å². The molecule has 0 aliphatic rings. The molecule has 0 unspecified atom stereocenters. The van der Waals surface area contributed by atoms with Gasteiger partial charge in [-0.1, -0.05) is 50.6 Å². The van der Waals surface area contributed by atoms with E-state index in [1.807, 2.05) is 48.5 Å². The second-order valence-corrected chi connectivity index (χ2v) is 3.94. The van der Waals surface area contributed by atoms with Gasteiger partial charge in [0, 0.05) is 0 Å². The third-order valence-electron chi connectivity index (χ3n) is 1.97. The van der Waals surface area contributed by atoms with Gasteiger partial charge in [0.1, 0.15) is 11.5 Å². The van der Waals surface area contributed by atoms with Gasteiger partial charge in [-0.3, -0.25) is 0 Å². The van der Waals surface area contributed by atoms with E-state index in [1.54, 1.807) is 0 Å². The van der Waals surface area contributed by atoms with Crippen molar-refractivity contribution >= 4 is 0 Å². The molecule has 0 radical (unpaired) electrons. The molecule has 0 N–H and O–H groups in total. The smallest absolute Gasteiger partial charge is 0.127 e.